The molecule has 0 amide bonds. The van der Waals surface area contributed by atoms with E-state index in [1.165, 1.54) is 18.1 Å². The van der Waals surface area contributed by atoms with E-state index in [-0.39, 0.29) is 0 Å². The van der Waals surface area contributed by atoms with Crippen LogP contribution in [0.5, 0.6) is 0 Å². The van der Waals surface area contributed by atoms with Crippen molar-refractivity contribution >= 4 is 0 Å². The smallest absolute Gasteiger partial charge is 0.159 e. The Kier molecular flexibility index (Phi) is 3.40. The van der Waals surface area contributed by atoms with Gasteiger partial charge in [0.2, 0.25) is 0 Å². The van der Waals surface area contributed by atoms with Gasteiger partial charge in [-0.25, -0.2) is 8.78 Å². The van der Waals surface area contributed by atoms with Gasteiger partial charge in [-0.05, 0) is 36.5 Å². The molecular weight excluding hydrogens is 170 g/mol. The minimum Gasteiger partial charge on any atom is -0.204 e. The third-order valence-electron chi connectivity index (χ3n) is 1.90. The Hall–Kier alpha value is -0.920. The van der Waals surface area contributed by atoms with Crippen LogP contribution < -0.4 is 0 Å². The quantitative estimate of drug-likeness (QED) is 0.672. The fourth-order valence-electron chi connectivity index (χ4n) is 1.09. The maximum absolute atomic E-state index is 12.7. The second-order valence-electron chi connectivity index (χ2n) is 3.46. The largest absolute Gasteiger partial charge is 0.204 e. The number of hydrogen-bond acceptors (Lipinski definition) is 0. The SMILES string of the molecule is C[C](C)CCc1ccc(F)c(F)c1. The highest BCUT2D eigenvalue weighted by atomic mass is 19.2. The standard InChI is InChI=1S/C11H13F2/c1-8(2)3-4-9-5-6-10(12)11(13)7-9/h5-7H,3-4H2,1-2H3. The molecule has 0 saturated carbocycles. The zero-order valence-corrected chi connectivity index (χ0v) is 7.90. The molecule has 0 nitrogen and oxygen atoms in total. The van der Waals surface area contributed by atoms with Gasteiger partial charge in [0.25, 0.3) is 0 Å². The first-order chi connectivity index (χ1) is 6.09. The molecule has 0 aliphatic heterocycles. The van der Waals surface area contributed by atoms with Gasteiger partial charge < -0.3 is 0 Å². The van der Waals surface area contributed by atoms with Gasteiger partial charge in [0.05, 0.1) is 0 Å². The lowest BCUT2D eigenvalue weighted by Crippen LogP contribution is -1.92. The third kappa shape index (κ3) is 3.13. The molecule has 0 spiro atoms. The van der Waals surface area contributed by atoms with E-state index in [2.05, 4.69) is 0 Å². The summed E-state index contributed by atoms with van der Waals surface area (Å²) in [4.78, 5) is 0. The van der Waals surface area contributed by atoms with Gasteiger partial charge in [0.15, 0.2) is 11.6 Å². The van der Waals surface area contributed by atoms with E-state index in [1.54, 1.807) is 6.07 Å². The van der Waals surface area contributed by atoms with Crippen molar-refractivity contribution in [2.45, 2.75) is 26.7 Å². The minimum absolute atomic E-state index is 0.758. The van der Waals surface area contributed by atoms with Gasteiger partial charge in [0, 0.05) is 0 Å². The molecule has 0 aliphatic rings. The van der Waals surface area contributed by atoms with E-state index in [0.717, 1.165) is 18.4 Å². The number of hydrogen-bond donors (Lipinski definition) is 0. The van der Waals surface area contributed by atoms with Crippen LogP contribution in [0.15, 0.2) is 18.2 Å². The second kappa shape index (κ2) is 4.35. The average molecular weight is 183 g/mol. The van der Waals surface area contributed by atoms with Crippen molar-refractivity contribution < 1.29 is 8.78 Å². The summed E-state index contributed by atoms with van der Waals surface area (Å²) in [5.74, 6) is -0.239. The first kappa shape index (κ1) is 10.2. The van der Waals surface area contributed by atoms with Gasteiger partial charge >= 0.3 is 0 Å². The molecule has 13 heavy (non-hydrogen) atoms. The maximum atomic E-state index is 12.7. The molecule has 0 fully saturated rings. The Bertz CT molecular complexity index is 279. The van der Waals surface area contributed by atoms with Crippen molar-refractivity contribution in [3.05, 3.63) is 41.3 Å². The van der Waals surface area contributed by atoms with Crippen LogP contribution >= 0.6 is 0 Å². The summed E-state index contributed by atoms with van der Waals surface area (Å²) in [6.07, 6.45) is 1.70. The first-order valence-corrected chi connectivity index (χ1v) is 4.32. The Morgan fingerprint density at radius 1 is 1.15 bits per heavy atom. The molecule has 1 aromatic carbocycles. The van der Waals surface area contributed by atoms with E-state index in [4.69, 9.17) is 0 Å². The van der Waals surface area contributed by atoms with Crippen molar-refractivity contribution in [1.82, 2.24) is 0 Å². The monoisotopic (exact) mass is 183 g/mol. The molecule has 2 heteroatoms. The Morgan fingerprint density at radius 2 is 1.85 bits per heavy atom. The molecule has 1 rings (SSSR count). The first-order valence-electron chi connectivity index (χ1n) is 4.32. The van der Waals surface area contributed by atoms with Gasteiger partial charge in [-0.2, -0.15) is 0 Å². The van der Waals surface area contributed by atoms with Crippen molar-refractivity contribution in [3.63, 3.8) is 0 Å². The van der Waals surface area contributed by atoms with Crippen LogP contribution in [0.1, 0.15) is 25.8 Å². The number of benzene rings is 1. The lowest BCUT2D eigenvalue weighted by Gasteiger charge is -2.04. The highest BCUT2D eigenvalue weighted by molar-refractivity contribution is 5.18. The predicted octanol–water partition coefficient (Wildman–Crippen LogP) is 3.51. The summed E-state index contributed by atoms with van der Waals surface area (Å²) < 4.78 is 25.2. The predicted molar refractivity (Wildman–Crippen MR) is 49.3 cm³/mol. The average Bonchev–Trinajstić information content (AvgIpc) is 2.07. The Labute approximate surface area is 77.6 Å². The molecule has 0 atom stereocenters. The molecule has 0 aliphatic carbocycles. The zero-order valence-electron chi connectivity index (χ0n) is 7.90. The van der Waals surface area contributed by atoms with Crippen LogP contribution in [0.2, 0.25) is 0 Å². The van der Waals surface area contributed by atoms with Gasteiger partial charge in [0.1, 0.15) is 0 Å². The zero-order chi connectivity index (χ0) is 9.84. The number of aryl methyl sites for hydroxylation is 1. The minimum atomic E-state index is -0.777. The van der Waals surface area contributed by atoms with Crippen LogP contribution in [0.25, 0.3) is 0 Å². The van der Waals surface area contributed by atoms with E-state index in [0.29, 0.717) is 0 Å². The summed E-state index contributed by atoms with van der Waals surface area (Å²) in [6, 6.07) is 4.06. The second-order valence-corrected chi connectivity index (χ2v) is 3.46. The number of halogens is 2. The molecule has 0 N–H and O–H groups in total. The molecule has 0 saturated heterocycles. The van der Waals surface area contributed by atoms with Crippen molar-refractivity contribution in [2.75, 3.05) is 0 Å². The van der Waals surface area contributed by atoms with Crippen molar-refractivity contribution in [2.24, 2.45) is 0 Å². The summed E-state index contributed by atoms with van der Waals surface area (Å²) in [6.45, 7) is 4.06. The Balaban J connectivity index is 2.63. The highest BCUT2D eigenvalue weighted by Crippen LogP contribution is 2.13. The third-order valence-corrected chi connectivity index (χ3v) is 1.90. The fourth-order valence-corrected chi connectivity index (χ4v) is 1.09. The van der Waals surface area contributed by atoms with Crippen LogP contribution in [-0.2, 0) is 6.42 Å². The molecule has 1 aromatic rings. The normalized spacial score (nSPS) is 10.8. The summed E-state index contributed by atoms with van der Waals surface area (Å²) in [5, 5.41) is 0. The molecule has 1 radical (unpaired) electrons. The summed E-state index contributed by atoms with van der Waals surface area (Å²) in [7, 11) is 0. The van der Waals surface area contributed by atoms with Crippen LogP contribution in [-0.4, -0.2) is 0 Å². The molecule has 71 valence electrons. The lowest BCUT2D eigenvalue weighted by molar-refractivity contribution is 0.507. The van der Waals surface area contributed by atoms with E-state index < -0.39 is 11.6 Å². The molecule has 0 aromatic heterocycles. The van der Waals surface area contributed by atoms with E-state index in [1.807, 2.05) is 13.8 Å². The summed E-state index contributed by atoms with van der Waals surface area (Å²) in [5.41, 5.74) is 0.847. The van der Waals surface area contributed by atoms with Crippen LogP contribution in [0.3, 0.4) is 0 Å². The van der Waals surface area contributed by atoms with Crippen LogP contribution in [0, 0.1) is 17.6 Å². The molecule has 0 heterocycles. The van der Waals surface area contributed by atoms with Crippen molar-refractivity contribution in [1.29, 1.82) is 0 Å². The molecule has 0 bridgehead atoms. The van der Waals surface area contributed by atoms with E-state index >= 15 is 0 Å². The fraction of sp³-hybridized carbons (Fsp3) is 0.364. The van der Waals surface area contributed by atoms with E-state index in [9.17, 15) is 8.78 Å². The lowest BCUT2D eigenvalue weighted by atomic mass is 10.0. The van der Waals surface area contributed by atoms with Gasteiger partial charge in [-0.1, -0.05) is 19.9 Å². The molecular formula is C11H13F2. The topological polar surface area (TPSA) is 0 Å². The Morgan fingerprint density at radius 3 is 2.38 bits per heavy atom. The van der Waals surface area contributed by atoms with Gasteiger partial charge in [-0.15, -0.1) is 0 Å². The maximum Gasteiger partial charge on any atom is 0.159 e. The van der Waals surface area contributed by atoms with Crippen molar-refractivity contribution in [3.8, 4) is 0 Å². The van der Waals surface area contributed by atoms with Crippen LogP contribution in [0.4, 0.5) is 8.78 Å². The van der Waals surface area contributed by atoms with Gasteiger partial charge in [-0.3, -0.25) is 0 Å². The number of rotatable bonds is 3. The molecule has 0 unspecified atom stereocenters. The summed E-state index contributed by atoms with van der Waals surface area (Å²) >= 11 is 0. The highest BCUT2D eigenvalue weighted by Gasteiger charge is 2.03.